The van der Waals surface area contributed by atoms with Crippen molar-refractivity contribution >= 4 is 87.2 Å². The second kappa shape index (κ2) is 34.9. The van der Waals surface area contributed by atoms with Crippen molar-refractivity contribution in [2.45, 2.75) is 27.7 Å². The summed E-state index contributed by atoms with van der Waals surface area (Å²) >= 11 is 0. The average Bonchev–Trinajstić information content (AvgIpc) is 1.54. The van der Waals surface area contributed by atoms with Crippen LogP contribution < -0.4 is 0 Å². The molecule has 0 unspecified atom stereocenters. The van der Waals surface area contributed by atoms with Crippen LogP contribution in [0.3, 0.4) is 0 Å². The Hall–Kier alpha value is -19.4. The number of benzene rings is 20. The molecule has 0 atom stereocenters. The van der Waals surface area contributed by atoms with E-state index in [-0.39, 0.29) is 0 Å². The van der Waals surface area contributed by atoms with E-state index in [0.717, 1.165) is 221 Å². The Labute approximate surface area is 831 Å². The van der Waals surface area contributed by atoms with E-state index < -0.39 is 0 Å². The highest BCUT2D eigenvalue weighted by atomic mass is 15.1. The Morgan fingerprint density at radius 2 is 0.465 bits per heavy atom. The van der Waals surface area contributed by atoms with Gasteiger partial charge >= 0.3 is 0 Å². The molecule has 26 rings (SSSR count). The molecular formula is C132H86N12. The van der Waals surface area contributed by atoms with Gasteiger partial charge in [-0.05, 0) is 228 Å². The molecule has 12 heteroatoms. The van der Waals surface area contributed by atoms with Crippen LogP contribution in [-0.2, 0) is 0 Å². The van der Waals surface area contributed by atoms with Gasteiger partial charge in [-0.1, -0.05) is 327 Å². The first-order valence-electron chi connectivity index (χ1n) is 48.6. The lowest BCUT2D eigenvalue weighted by molar-refractivity contribution is 1.07. The standard InChI is InChI=1S/C132H86N12/c1-81-30-26-39-88(70-81)90-57-64-117-107(73-90)102-45-18-22-50-113(102)141(117)121-69-62-96(78-112(121)126-98(80-134)41-28-54-123(126)143-115-52-24-20-46-103(115)108-74-91(58-65-119(108)143)89-40-27-31-82(2)71-89)131-138-129(87-37-12-7-13-38-87)139-132(140-131)106-49-17-16-44-101(106)92-56-63-100(84(4)72-92)94-60-67-120-110(76-94)105-48-21-25-53-116(105)144(120)124-55-29-42-97(79-133)125(124)111-77-95(130-136-127(85-33-8-5-9-34-85)135-128(137-130)86-35-10-6-11-36-86)61-68-122(111)142-114-51-23-19-47-104(114)109-75-93(59-66-118(109)142)99-43-15-14-32-83(99)3/h5-78H,1-4H3. The van der Waals surface area contributed by atoms with E-state index in [2.05, 4.69) is 404 Å². The lowest BCUT2D eigenvalue weighted by atomic mass is 9.92. The zero-order valence-electron chi connectivity index (χ0n) is 79.1. The summed E-state index contributed by atoms with van der Waals surface area (Å²) in [7, 11) is 0. The molecule has 26 aromatic rings. The third kappa shape index (κ3) is 14.5. The van der Waals surface area contributed by atoms with Gasteiger partial charge in [0, 0.05) is 98.7 Å². The number of rotatable bonds is 17. The first-order valence-corrected chi connectivity index (χ1v) is 48.6. The number of nitrogens with zero attached hydrogens (tertiary/aromatic N) is 12. The van der Waals surface area contributed by atoms with Crippen LogP contribution in [0.15, 0.2) is 449 Å². The molecule has 0 aliphatic rings. The fraction of sp³-hybridized carbons (Fsp3) is 0.0303. The second-order valence-electron chi connectivity index (χ2n) is 37.3. The van der Waals surface area contributed by atoms with E-state index in [9.17, 15) is 10.5 Å². The number of aromatic nitrogens is 10. The first kappa shape index (κ1) is 85.1. The topological polar surface area (TPSA) is 145 Å². The Bertz CT molecular complexity index is 9810. The molecule has 12 nitrogen and oxygen atoms in total. The third-order valence-corrected chi connectivity index (χ3v) is 28.6. The first-order chi connectivity index (χ1) is 71.0. The van der Waals surface area contributed by atoms with Crippen molar-refractivity contribution in [3.63, 3.8) is 0 Å². The molecule has 0 saturated heterocycles. The predicted molar refractivity (Wildman–Crippen MR) is 590 cm³/mol. The highest BCUT2D eigenvalue weighted by molar-refractivity contribution is 6.16. The van der Waals surface area contributed by atoms with E-state index in [1.54, 1.807) is 0 Å². The van der Waals surface area contributed by atoms with E-state index in [1.807, 2.05) is 103 Å². The summed E-state index contributed by atoms with van der Waals surface area (Å²) in [6, 6.07) is 164. The van der Waals surface area contributed by atoms with Gasteiger partial charge in [0.25, 0.3) is 0 Å². The van der Waals surface area contributed by atoms with Crippen LogP contribution in [0.4, 0.5) is 0 Å². The van der Waals surface area contributed by atoms with E-state index in [4.69, 9.17) is 29.9 Å². The Kier molecular flexibility index (Phi) is 20.6. The zero-order valence-corrected chi connectivity index (χ0v) is 79.1. The Morgan fingerprint density at radius 3 is 0.861 bits per heavy atom. The molecule has 0 amide bonds. The van der Waals surface area contributed by atoms with Crippen LogP contribution in [0.2, 0.25) is 0 Å². The Morgan fingerprint density at radius 1 is 0.174 bits per heavy atom. The van der Waals surface area contributed by atoms with Crippen molar-refractivity contribution in [3.05, 3.63) is 482 Å². The highest BCUT2D eigenvalue weighted by Crippen LogP contribution is 2.50. The highest BCUT2D eigenvalue weighted by Gasteiger charge is 2.30. The molecule has 0 spiro atoms. The molecule has 6 heterocycles. The third-order valence-electron chi connectivity index (χ3n) is 28.6. The maximum absolute atomic E-state index is 11.9. The van der Waals surface area contributed by atoms with Crippen LogP contribution in [0.1, 0.15) is 33.4 Å². The average molecular weight is 1840 g/mol. The summed E-state index contributed by atoms with van der Waals surface area (Å²) in [5.74, 6) is 3.03. The van der Waals surface area contributed by atoms with Crippen LogP contribution >= 0.6 is 0 Å². The molecule has 0 radical (unpaired) electrons. The molecule has 0 bridgehead atoms. The fourth-order valence-electron chi connectivity index (χ4n) is 21.9. The SMILES string of the molecule is Cc1cccc(-c2ccc3c(c2)c2ccccc2n3-c2ccc(-c3nc(-c4ccccc4)nc(-c4ccccc4-c4ccc(-c5ccc6c(c5)c5ccccc5n6-c5cccc(C#N)c5-c5cc(-c6nc(-c7ccccc7)nc(-c7ccccc7)n6)ccc5-n5c6ccccc6c6cc(-c7ccccc7C)ccc65)c(C)c4)n3)cc2-c2c(C#N)cccc2-n2c3ccccc3c3cc(-c4cccc(C)c4)ccc32)c1. The molecule has 0 fully saturated rings. The monoisotopic (exact) mass is 1840 g/mol. The van der Waals surface area contributed by atoms with Crippen molar-refractivity contribution in [2.75, 3.05) is 0 Å². The van der Waals surface area contributed by atoms with Crippen LogP contribution in [-0.4, -0.2) is 48.2 Å². The van der Waals surface area contributed by atoms with Crippen LogP contribution in [0.25, 0.3) is 256 Å². The van der Waals surface area contributed by atoms with Gasteiger partial charge in [-0.3, -0.25) is 0 Å². The largest absolute Gasteiger partial charge is 0.309 e. The van der Waals surface area contributed by atoms with Crippen molar-refractivity contribution in [2.24, 2.45) is 0 Å². The quantitative estimate of drug-likeness (QED) is 0.0876. The van der Waals surface area contributed by atoms with Crippen molar-refractivity contribution in [1.82, 2.24) is 48.2 Å². The van der Waals surface area contributed by atoms with Gasteiger partial charge in [-0.2, -0.15) is 10.5 Å². The molecule has 20 aromatic carbocycles. The van der Waals surface area contributed by atoms with Gasteiger partial charge < -0.3 is 18.3 Å². The summed E-state index contributed by atoms with van der Waals surface area (Å²) in [6.45, 7) is 8.64. The summed E-state index contributed by atoms with van der Waals surface area (Å²) in [6.07, 6.45) is 0. The van der Waals surface area contributed by atoms with Crippen LogP contribution in [0, 0.1) is 50.4 Å². The van der Waals surface area contributed by atoms with E-state index in [1.165, 1.54) is 22.3 Å². The van der Waals surface area contributed by atoms with Crippen LogP contribution in [0.5, 0.6) is 0 Å². The smallest absolute Gasteiger partial charge is 0.164 e. The van der Waals surface area contributed by atoms with Gasteiger partial charge in [0.2, 0.25) is 0 Å². The maximum atomic E-state index is 11.9. The normalized spacial score (nSPS) is 11.6. The maximum Gasteiger partial charge on any atom is 0.164 e. The second-order valence-corrected chi connectivity index (χ2v) is 37.3. The molecular weight excluding hydrogens is 1750 g/mol. The molecule has 6 aromatic heterocycles. The number of fused-ring (bicyclic) bond motifs is 12. The molecule has 674 valence electrons. The lowest BCUT2D eigenvalue weighted by Crippen LogP contribution is -2.05. The Balaban J connectivity index is 0.617. The minimum absolute atomic E-state index is 0.457. The van der Waals surface area contributed by atoms with Gasteiger partial charge in [0.15, 0.2) is 34.9 Å². The lowest BCUT2D eigenvalue weighted by Gasteiger charge is -2.21. The van der Waals surface area contributed by atoms with Gasteiger partial charge in [-0.15, -0.1) is 0 Å². The molecule has 0 aliphatic heterocycles. The zero-order chi connectivity index (χ0) is 96.3. The predicted octanol–water partition coefficient (Wildman–Crippen LogP) is 33.1. The van der Waals surface area contributed by atoms with Gasteiger partial charge in [-0.25, -0.2) is 29.9 Å². The molecule has 0 aliphatic carbocycles. The van der Waals surface area contributed by atoms with Crippen molar-refractivity contribution in [1.29, 1.82) is 10.5 Å². The summed E-state index contributed by atoms with van der Waals surface area (Å²) < 4.78 is 9.43. The number of aryl methyl sites for hydroxylation is 4. The number of hydrogen-bond donors (Lipinski definition) is 0. The van der Waals surface area contributed by atoms with Crippen molar-refractivity contribution < 1.29 is 0 Å². The van der Waals surface area contributed by atoms with Gasteiger partial charge in [0.1, 0.15) is 0 Å². The summed E-state index contributed by atoms with van der Waals surface area (Å²) in [4.78, 5) is 32.4. The minimum Gasteiger partial charge on any atom is -0.309 e. The fourth-order valence-corrected chi connectivity index (χ4v) is 21.9. The minimum atomic E-state index is 0.457. The number of hydrogen-bond acceptors (Lipinski definition) is 8. The summed E-state index contributed by atoms with van der Waals surface area (Å²) in [5, 5.41) is 32.5. The molecule has 0 N–H and O–H groups in total. The number of para-hydroxylation sites is 4. The van der Waals surface area contributed by atoms with Crippen molar-refractivity contribution in [3.8, 4) is 181 Å². The summed E-state index contributed by atoms with van der Waals surface area (Å²) in [5.41, 5.74) is 35.9. The number of nitriles is 2. The van der Waals surface area contributed by atoms with E-state index >= 15 is 0 Å². The molecule has 144 heavy (non-hydrogen) atoms. The van der Waals surface area contributed by atoms with Gasteiger partial charge in [0.05, 0.1) is 90.1 Å². The molecule has 0 saturated carbocycles. The van der Waals surface area contributed by atoms with E-state index in [0.29, 0.717) is 46.1 Å².